The average Bonchev–Trinajstić information content (AvgIpc) is 3.40. The fourth-order valence-corrected chi connectivity index (χ4v) is 5.44. The number of hydrogen-bond acceptors (Lipinski definition) is 4. The first-order chi connectivity index (χ1) is 22.4. The molecule has 1 aromatic heterocycles. The van der Waals surface area contributed by atoms with Gasteiger partial charge in [0, 0.05) is 29.6 Å². The summed E-state index contributed by atoms with van der Waals surface area (Å²) < 4.78 is 13.9. The van der Waals surface area contributed by atoms with Crippen molar-refractivity contribution in [1.29, 1.82) is 0 Å². The van der Waals surface area contributed by atoms with E-state index in [-0.39, 0.29) is 12.0 Å². The monoisotopic (exact) mass is 630 g/mol. The lowest BCUT2D eigenvalue weighted by molar-refractivity contribution is -0.139. The largest absolute Gasteiger partial charge is 0.489 e. The summed E-state index contributed by atoms with van der Waals surface area (Å²) in [6.45, 7) is 1.02. The number of nitrogens with zero attached hydrogens (tertiary/aromatic N) is 1. The number of fused-ring (bicyclic) bond motifs is 1. The molecule has 46 heavy (non-hydrogen) atoms. The molecule has 0 aliphatic rings. The minimum absolute atomic E-state index is 0.0696. The molecule has 1 atom stereocenters. The molecule has 1 amide bonds. The summed E-state index contributed by atoms with van der Waals surface area (Å²) in [6, 6.07) is 38.1. The third-order valence-corrected chi connectivity index (χ3v) is 7.82. The molecule has 0 aliphatic heterocycles. The third-order valence-electron chi connectivity index (χ3n) is 7.58. The Labute approximate surface area is 271 Å². The van der Waals surface area contributed by atoms with Crippen molar-refractivity contribution in [2.24, 2.45) is 0 Å². The van der Waals surface area contributed by atoms with Gasteiger partial charge in [0.15, 0.2) is 0 Å². The number of halogens is 1. The number of amides is 1. The molecule has 6 rings (SSSR count). The van der Waals surface area contributed by atoms with Crippen LogP contribution in [0.3, 0.4) is 0 Å². The Balaban J connectivity index is 1.19. The maximum Gasteiger partial charge on any atom is 0.326 e. The third kappa shape index (κ3) is 7.39. The van der Waals surface area contributed by atoms with Gasteiger partial charge in [0.2, 0.25) is 0 Å². The lowest BCUT2D eigenvalue weighted by atomic mass is 10.0. The van der Waals surface area contributed by atoms with Crippen LogP contribution in [-0.2, 0) is 24.4 Å². The zero-order chi connectivity index (χ0) is 31.9. The highest BCUT2D eigenvalue weighted by Gasteiger charge is 2.25. The second kappa shape index (κ2) is 14.1. The van der Waals surface area contributed by atoms with Gasteiger partial charge in [-0.1, -0.05) is 90.5 Å². The summed E-state index contributed by atoms with van der Waals surface area (Å²) in [5.41, 5.74) is 4.01. The number of rotatable bonds is 12. The second-order valence-electron chi connectivity index (χ2n) is 10.8. The Hall–Kier alpha value is -5.53. The first-order valence-electron chi connectivity index (χ1n) is 14.8. The number of aromatic nitrogens is 1. The maximum absolute atomic E-state index is 13.4. The van der Waals surface area contributed by atoms with Crippen LogP contribution in [0.15, 0.2) is 134 Å². The number of benzene rings is 5. The van der Waals surface area contributed by atoms with Crippen LogP contribution in [0.5, 0.6) is 17.2 Å². The number of aliphatic carboxylic acids is 1. The van der Waals surface area contributed by atoms with Crippen molar-refractivity contribution >= 4 is 34.4 Å². The van der Waals surface area contributed by atoms with E-state index in [1.807, 2.05) is 95.7 Å². The van der Waals surface area contributed by atoms with Crippen LogP contribution in [-0.4, -0.2) is 27.6 Å². The highest BCUT2D eigenvalue weighted by atomic mass is 35.5. The number of carboxylic acid groups (broad SMARTS) is 1. The fraction of sp³-hybridized carbons (Fsp3) is 0.105. The number of para-hydroxylation sites is 2. The summed E-state index contributed by atoms with van der Waals surface area (Å²) >= 11 is 6.38. The molecule has 8 heteroatoms. The van der Waals surface area contributed by atoms with Gasteiger partial charge in [-0.2, -0.15) is 0 Å². The summed E-state index contributed by atoms with van der Waals surface area (Å²) in [5.74, 6) is -0.0167. The molecule has 0 spiro atoms. The van der Waals surface area contributed by atoms with Crippen LogP contribution >= 0.6 is 11.6 Å². The van der Waals surface area contributed by atoms with Crippen LogP contribution in [0.25, 0.3) is 10.9 Å². The predicted octanol–water partition coefficient (Wildman–Crippen LogP) is 8.14. The van der Waals surface area contributed by atoms with Gasteiger partial charge in [-0.25, -0.2) is 4.79 Å². The number of hydrogen-bond donors (Lipinski definition) is 2. The molecule has 230 valence electrons. The van der Waals surface area contributed by atoms with Crippen molar-refractivity contribution in [3.05, 3.63) is 161 Å². The molecule has 0 saturated heterocycles. The van der Waals surface area contributed by atoms with Crippen molar-refractivity contribution in [2.75, 3.05) is 0 Å². The zero-order valence-corrected chi connectivity index (χ0v) is 25.6. The van der Waals surface area contributed by atoms with Crippen LogP contribution in [0.1, 0.15) is 27.0 Å². The first kappa shape index (κ1) is 30.5. The molecule has 0 aliphatic carbocycles. The van der Waals surface area contributed by atoms with Crippen molar-refractivity contribution in [2.45, 2.75) is 25.6 Å². The Morgan fingerprint density at radius 2 is 1.48 bits per heavy atom. The van der Waals surface area contributed by atoms with Crippen molar-refractivity contribution in [3.8, 4) is 17.2 Å². The van der Waals surface area contributed by atoms with E-state index in [1.165, 1.54) is 0 Å². The van der Waals surface area contributed by atoms with Crippen molar-refractivity contribution < 1.29 is 24.2 Å². The number of ether oxygens (including phenoxy) is 2. The van der Waals surface area contributed by atoms with E-state index in [4.69, 9.17) is 21.1 Å². The molecule has 0 saturated carbocycles. The van der Waals surface area contributed by atoms with E-state index >= 15 is 0 Å². The van der Waals surface area contributed by atoms with Gasteiger partial charge in [0.05, 0.1) is 11.1 Å². The van der Waals surface area contributed by atoms with E-state index in [0.29, 0.717) is 29.7 Å². The van der Waals surface area contributed by atoms with E-state index in [9.17, 15) is 14.7 Å². The summed E-state index contributed by atoms with van der Waals surface area (Å²) in [7, 11) is 0. The van der Waals surface area contributed by atoms with Crippen molar-refractivity contribution in [3.63, 3.8) is 0 Å². The molecule has 0 unspecified atom stereocenters. The lowest BCUT2D eigenvalue weighted by Gasteiger charge is -2.16. The van der Waals surface area contributed by atoms with Crippen LogP contribution in [0.2, 0.25) is 5.02 Å². The standard InChI is InChI=1S/C38H31ClN2O5/c39-29-17-20-32-28(21-34(38(43)44)40-37(42)33-13-7-8-14-36(33)46-31-11-5-2-6-12-31)24-41(35(32)22-29)23-26-15-18-30(19-16-26)45-25-27-9-3-1-4-10-27/h1-20,22,24,34H,21,23,25H2,(H,40,42)(H,43,44)/t34-/m0/s1. The Bertz CT molecular complexity index is 1960. The second-order valence-corrected chi connectivity index (χ2v) is 11.3. The van der Waals surface area contributed by atoms with Crippen molar-refractivity contribution in [1.82, 2.24) is 9.88 Å². The minimum Gasteiger partial charge on any atom is -0.489 e. The number of carbonyl (C=O) groups excluding carboxylic acids is 1. The smallest absolute Gasteiger partial charge is 0.326 e. The molecule has 0 fully saturated rings. The fourth-order valence-electron chi connectivity index (χ4n) is 5.28. The number of carbonyl (C=O) groups is 2. The summed E-state index contributed by atoms with van der Waals surface area (Å²) in [4.78, 5) is 25.8. The van der Waals surface area contributed by atoms with E-state index in [2.05, 4.69) is 5.32 Å². The van der Waals surface area contributed by atoms with E-state index in [1.54, 1.807) is 42.5 Å². The van der Waals surface area contributed by atoms with E-state index in [0.717, 1.165) is 33.3 Å². The molecule has 0 radical (unpaired) electrons. The average molecular weight is 631 g/mol. The van der Waals surface area contributed by atoms with Crippen LogP contribution in [0, 0.1) is 0 Å². The Kier molecular flexibility index (Phi) is 9.32. The van der Waals surface area contributed by atoms with Gasteiger partial charge in [-0.05, 0) is 65.2 Å². The van der Waals surface area contributed by atoms with Gasteiger partial charge in [0.1, 0.15) is 29.9 Å². The molecular weight excluding hydrogens is 600 g/mol. The molecule has 1 heterocycles. The minimum atomic E-state index is -1.19. The van der Waals surface area contributed by atoms with Gasteiger partial charge >= 0.3 is 5.97 Å². The maximum atomic E-state index is 13.4. The Morgan fingerprint density at radius 1 is 0.783 bits per heavy atom. The Morgan fingerprint density at radius 3 is 2.22 bits per heavy atom. The van der Waals surface area contributed by atoms with Gasteiger partial charge in [-0.3, -0.25) is 4.79 Å². The molecule has 5 aromatic carbocycles. The highest BCUT2D eigenvalue weighted by molar-refractivity contribution is 6.31. The lowest BCUT2D eigenvalue weighted by Crippen LogP contribution is -2.42. The molecular formula is C38H31ClN2O5. The quantitative estimate of drug-likeness (QED) is 0.142. The summed E-state index contributed by atoms with van der Waals surface area (Å²) in [5, 5.41) is 14.3. The SMILES string of the molecule is O=C(N[C@@H](Cc1cn(Cc2ccc(OCc3ccccc3)cc2)c2cc(Cl)ccc12)C(=O)O)c1ccccc1Oc1ccccc1. The molecule has 0 bridgehead atoms. The normalized spacial score (nSPS) is 11.6. The zero-order valence-electron chi connectivity index (χ0n) is 24.8. The highest BCUT2D eigenvalue weighted by Crippen LogP contribution is 2.28. The van der Waals surface area contributed by atoms with E-state index < -0.39 is 17.9 Å². The topological polar surface area (TPSA) is 89.8 Å². The van der Waals surface area contributed by atoms with Gasteiger partial charge < -0.3 is 24.5 Å². The summed E-state index contributed by atoms with van der Waals surface area (Å²) in [6.07, 6.45) is 2.00. The molecule has 6 aromatic rings. The molecule has 2 N–H and O–H groups in total. The van der Waals surface area contributed by atoms with Gasteiger partial charge in [-0.15, -0.1) is 0 Å². The number of carboxylic acids is 1. The molecule has 7 nitrogen and oxygen atoms in total. The van der Waals surface area contributed by atoms with Crippen LogP contribution < -0.4 is 14.8 Å². The number of nitrogens with one attached hydrogen (secondary N) is 1. The van der Waals surface area contributed by atoms with Gasteiger partial charge in [0.25, 0.3) is 5.91 Å². The predicted molar refractivity (Wildman–Crippen MR) is 179 cm³/mol. The van der Waals surface area contributed by atoms with Crippen LogP contribution in [0.4, 0.5) is 0 Å². The first-order valence-corrected chi connectivity index (χ1v) is 15.2.